The highest BCUT2D eigenvalue weighted by molar-refractivity contribution is 5.94. The highest BCUT2D eigenvalue weighted by Gasteiger charge is 2.19. The molecule has 0 amide bonds. The van der Waals surface area contributed by atoms with Crippen molar-refractivity contribution in [3.8, 4) is 0 Å². The molecule has 0 aromatic carbocycles. The fourth-order valence-electron chi connectivity index (χ4n) is 1.81. The zero-order chi connectivity index (χ0) is 10.7. The molecule has 15 heavy (non-hydrogen) atoms. The van der Waals surface area contributed by atoms with Gasteiger partial charge < -0.3 is 9.15 Å². The number of aryl methyl sites for hydroxylation is 1. The minimum atomic E-state index is 0.0822. The van der Waals surface area contributed by atoms with Crippen LogP contribution in [0.4, 0.5) is 0 Å². The molecule has 0 N–H and O–H groups in total. The summed E-state index contributed by atoms with van der Waals surface area (Å²) in [6, 6.07) is 0. The van der Waals surface area contributed by atoms with Crippen LogP contribution < -0.4 is 0 Å². The molecular formula is C11H15NO3. The van der Waals surface area contributed by atoms with Gasteiger partial charge in [-0.25, -0.2) is 4.98 Å². The largest absolute Gasteiger partial charge is 0.449 e. The lowest BCUT2D eigenvalue weighted by Crippen LogP contribution is -2.18. The molecule has 2 heterocycles. The van der Waals surface area contributed by atoms with Crippen LogP contribution in [-0.2, 0) is 4.74 Å². The normalized spacial score (nSPS) is 17.9. The zero-order valence-corrected chi connectivity index (χ0v) is 8.86. The summed E-state index contributed by atoms with van der Waals surface area (Å²) in [6.45, 7) is 3.29. The van der Waals surface area contributed by atoms with Crippen molar-refractivity contribution in [2.75, 3.05) is 13.2 Å². The number of Topliss-reactive ketones (excluding diaryl/α,β-unsaturated/α-hetero) is 1. The molecule has 82 valence electrons. The van der Waals surface area contributed by atoms with Gasteiger partial charge in [-0.3, -0.25) is 4.79 Å². The second-order valence-electron chi connectivity index (χ2n) is 3.93. The Bertz CT molecular complexity index is 339. The Kier molecular flexibility index (Phi) is 3.16. The van der Waals surface area contributed by atoms with Gasteiger partial charge in [-0.2, -0.15) is 0 Å². The lowest BCUT2D eigenvalue weighted by molar-refractivity contribution is 0.0599. The van der Waals surface area contributed by atoms with Gasteiger partial charge in [-0.15, -0.1) is 0 Å². The van der Waals surface area contributed by atoms with Gasteiger partial charge in [0.15, 0.2) is 11.7 Å². The van der Waals surface area contributed by atoms with E-state index in [9.17, 15) is 4.79 Å². The van der Waals surface area contributed by atoms with Crippen LogP contribution in [-0.4, -0.2) is 24.0 Å². The summed E-state index contributed by atoms with van der Waals surface area (Å²) in [5.41, 5.74) is 0.457. The first-order valence-electron chi connectivity index (χ1n) is 5.29. The molecule has 0 saturated carbocycles. The topological polar surface area (TPSA) is 52.3 Å². The molecule has 1 aromatic heterocycles. The van der Waals surface area contributed by atoms with E-state index in [0.717, 1.165) is 26.1 Å². The molecule has 1 fully saturated rings. The molecule has 1 aromatic rings. The second kappa shape index (κ2) is 4.57. The number of carbonyl (C=O) groups excluding carboxylic acids is 1. The number of ether oxygens (including phenoxy) is 1. The van der Waals surface area contributed by atoms with Gasteiger partial charge in [0.05, 0.1) is 0 Å². The van der Waals surface area contributed by atoms with Crippen LogP contribution >= 0.6 is 0 Å². The van der Waals surface area contributed by atoms with Crippen molar-refractivity contribution in [2.45, 2.75) is 26.2 Å². The standard InChI is InChI=1S/C11H15NO3/c1-8-12-10(7-15-8)11(13)6-9-2-4-14-5-3-9/h7,9H,2-6H2,1H3. The highest BCUT2D eigenvalue weighted by Crippen LogP contribution is 2.20. The summed E-state index contributed by atoms with van der Waals surface area (Å²) in [7, 11) is 0. The number of hydrogen-bond acceptors (Lipinski definition) is 4. The molecule has 1 aliphatic heterocycles. The first-order chi connectivity index (χ1) is 7.25. The number of nitrogens with zero attached hydrogens (tertiary/aromatic N) is 1. The lowest BCUT2D eigenvalue weighted by atomic mass is 9.94. The Labute approximate surface area is 88.6 Å². The van der Waals surface area contributed by atoms with Gasteiger partial charge in [-0.1, -0.05) is 0 Å². The monoisotopic (exact) mass is 209 g/mol. The number of oxazole rings is 1. The van der Waals surface area contributed by atoms with E-state index >= 15 is 0 Å². The van der Waals surface area contributed by atoms with Crippen LogP contribution in [0.5, 0.6) is 0 Å². The predicted octanol–water partition coefficient (Wildman–Crippen LogP) is 1.98. The molecule has 0 bridgehead atoms. The van der Waals surface area contributed by atoms with Crippen molar-refractivity contribution in [3.63, 3.8) is 0 Å². The van der Waals surface area contributed by atoms with Crippen molar-refractivity contribution in [2.24, 2.45) is 5.92 Å². The second-order valence-corrected chi connectivity index (χ2v) is 3.93. The van der Waals surface area contributed by atoms with E-state index < -0.39 is 0 Å². The zero-order valence-electron chi connectivity index (χ0n) is 8.86. The van der Waals surface area contributed by atoms with Crippen LogP contribution in [0.1, 0.15) is 35.6 Å². The van der Waals surface area contributed by atoms with E-state index in [1.54, 1.807) is 6.92 Å². The summed E-state index contributed by atoms with van der Waals surface area (Å²) >= 11 is 0. The van der Waals surface area contributed by atoms with E-state index in [-0.39, 0.29) is 5.78 Å². The molecule has 2 rings (SSSR count). The molecule has 0 atom stereocenters. The number of aromatic nitrogens is 1. The Morgan fingerprint density at radius 2 is 2.27 bits per heavy atom. The molecule has 1 aliphatic rings. The summed E-state index contributed by atoms with van der Waals surface area (Å²) < 4.78 is 10.3. The smallest absolute Gasteiger partial charge is 0.191 e. The van der Waals surface area contributed by atoms with Crippen molar-refractivity contribution in [1.82, 2.24) is 4.98 Å². The predicted molar refractivity (Wildman–Crippen MR) is 53.7 cm³/mol. The molecular weight excluding hydrogens is 194 g/mol. The molecule has 1 saturated heterocycles. The molecule has 4 heteroatoms. The molecule has 0 radical (unpaired) electrons. The number of hydrogen-bond donors (Lipinski definition) is 0. The average molecular weight is 209 g/mol. The van der Waals surface area contributed by atoms with Crippen LogP contribution in [0.25, 0.3) is 0 Å². The fraction of sp³-hybridized carbons (Fsp3) is 0.636. The first-order valence-corrected chi connectivity index (χ1v) is 5.29. The number of ketones is 1. The Balaban J connectivity index is 1.91. The first kappa shape index (κ1) is 10.4. The SMILES string of the molecule is Cc1nc(C(=O)CC2CCOCC2)co1. The van der Waals surface area contributed by atoms with E-state index in [1.807, 2.05) is 0 Å². The van der Waals surface area contributed by atoms with Crippen LogP contribution in [0, 0.1) is 12.8 Å². The maximum absolute atomic E-state index is 11.8. The Morgan fingerprint density at radius 3 is 2.87 bits per heavy atom. The molecule has 0 aliphatic carbocycles. The summed E-state index contributed by atoms with van der Waals surface area (Å²) in [6.07, 6.45) is 3.96. The van der Waals surface area contributed by atoms with Gasteiger partial charge in [-0.05, 0) is 18.8 Å². The fourth-order valence-corrected chi connectivity index (χ4v) is 1.81. The Hall–Kier alpha value is -1.16. The van der Waals surface area contributed by atoms with E-state index in [1.165, 1.54) is 6.26 Å². The van der Waals surface area contributed by atoms with E-state index in [2.05, 4.69) is 4.98 Å². The van der Waals surface area contributed by atoms with Gasteiger partial charge in [0.1, 0.15) is 12.0 Å². The molecule has 0 spiro atoms. The number of carbonyl (C=O) groups is 1. The third-order valence-corrected chi connectivity index (χ3v) is 2.72. The maximum atomic E-state index is 11.8. The van der Waals surface area contributed by atoms with Crippen LogP contribution in [0.2, 0.25) is 0 Å². The number of rotatable bonds is 3. The van der Waals surface area contributed by atoms with Crippen molar-refractivity contribution < 1.29 is 13.9 Å². The third-order valence-electron chi connectivity index (χ3n) is 2.72. The van der Waals surface area contributed by atoms with Gasteiger partial charge in [0, 0.05) is 26.6 Å². The van der Waals surface area contributed by atoms with Crippen LogP contribution in [0.3, 0.4) is 0 Å². The lowest BCUT2D eigenvalue weighted by Gasteiger charge is -2.20. The molecule has 4 nitrogen and oxygen atoms in total. The van der Waals surface area contributed by atoms with Crippen molar-refractivity contribution in [1.29, 1.82) is 0 Å². The summed E-state index contributed by atoms with van der Waals surface area (Å²) in [4.78, 5) is 15.8. The summed E-state index contributed by atoms with van der Waals surface area (Å²) in [5, 5.41) is 0. The molecule has 0 unspecified atom stereocenters. The Morgan fingerprint density at radius 1 is 1.53 bits per heavy atom. The van der Waals surface area contributed by atoms with E-state index in [0.29, 0.717) is 23.9 Å². The van der Waals surface area contributed by atoms with E-state index in [4.69, 9.17) is 9.15 Å². The van der Waals surface area contributed by atoms with Crippen molar-refractivity contribution >= 4 is 5.78 Å². The van der Waals surface area contributed by atoms with Crippen molar-refractivity contribution in [3.05, 3.63) is 17.8 Å². The average Bonchev–Trinajstić information content (AvgIpc) is 2.66. The van der Waals surface area contributed by atoms with Crippen LogP contribution in [0.15, 0.2) is 10.7 Å². The van der Waals surface area contributed by atoms with Gasteiger partial charge >= 0.3 is 0 Å². The minimum Gasteiger partial charge on any atom is -0.449 e. The minimum absolute atomic E-state index is 0.0822. The highest BCUT2D eigenvalue weighted by atomic mass is 16.5. The third kappa shape index (κ3) is 2.65. The van der Waals surface area contributed by atoms with Gasteiger partial charge in [0.2, 0.25) is 0 Å². The summed E-state index contributed by atoms with van der Waals surface area (Å²) in [5.74, 6) is 1.08. The van der Waals surface area contributed by atoms with Gasteiger partial charge in [0.25, 0.3) is 0 Å². The quantitative estimate of drug-likeness (QED) is 0.714. The maximum Gasteiger partial charge on any atom is 0.191 e.